The monoisotopic (exact) mass is 292 g/mol. The van der Waals surface area contributed by atoms with Crippen molar-refractivity contribution in [3.63, 3.8) is 0 Å². The highest BCUT2D eigenvalue weighted by Crippen LogP contribution is 2.31. The van der Waals surface area contributed by atoms with Crippen LogP contribution in [-0.4, -0.2) is 5.78 Å². The van der Waals surface area contributed by atoms with Gasteiger partial charge in [-0.2, -0.15) is 0 Å². The molecule has 1 aliphatic rings. The van der Waals surface area contributed by atoms with E-state index in [0.29, 0.717) is 6.42 Å². The van der Waals surface area contributed by atoms with Crippen LogP contribution in [0.1, 0.15) is 32.1 Å². The number of thiophene rings is 1. The van der Waals surface area contributed by atoms with Crippen molar-refractivity contribution in [2.45, 2.75) is 25.7 Å². The second kappa shape index (κ2) is 5.12. The number of ketones is 1. The van der Waals surface area contributed by atoms with Crippen LogP contribution in [0.15, 0.2) is 48.5 Å². The van der Waals surface area contributed by atoms with Gasteiger partial charge in [0.15, 0.2) is 5.78 Å². The quantitative estimate of drug-likeness (QED) is 0.633. The predicted molar refractivity (Wildman–Crippen MR) is 88.3 cm³/mol. The molecule has 4 rings (SSSR count). The van der Waals surface area contributed by atoms with Crippen LogP contribution in [0, 0.1) is 0 Å². The van der Waals surface area contributed by atoms with E-state index in [1.807, 2.05) is 12.1 Å². The summed E-state index contributed by atoms with van der Waals surface area (Å²) in [7, 11) is 0. The van der Waals surface area contributed by atoms with Crippen molar-refractivity contribution in [2.75, 3.05) is 0 Å². The average molecular weight is 292 g/mol. The van der Waals surface area contributed by atoms with Crippen LogP contribution in [0.4, 0.5) is 0 Å². The molecule has 1 nitrogen and oxygen atoms in total. The first-order chi connectivity index (χ1) is 10.3. The van der Waals surface area contributed by atoms with Crippen molar-refractivity contribution in [1.82, 2.24) is 0 Å². The Morgan fingerprint density at radius 3 is 2.71 bits per heavy atom. The molecule has 0 bridgehead atoms. The van der Waals surface area contributed by atoms with E-state index in [-0.39, 0.29) is 5.78 Å². The molecule has 0 amide bonds. The van der Waals surface area contributed by atoms with E-state index < -0.39 is 0 Å². The van der Waals surface area contributed by atoms with Gasteiger partial charge in [0.2, 0.25) is 0 Å². The Morgan fingerprint density at radius 2 is 1.86 bits per heavy atom. The minimum atomic E-state index is 0.254. The standard InChI is InChI=1S/C19H16OS/c20-17(19-12-16-6-3-7-18(16)21-19)11-13-8-9-14-4-1-2-5-15(14)10-13/h1-2,4-5,8-10,12H,3,6-7,11H2. The molecule has 3 aromatic rings. The molecule has 2 aromatic carbocycles. The Balaban J connectivity index is 1.59. The Bertz CT molecular complexity index is 807. The molecule has 0 saturated carbocycles. The van der Waals surface area contributed by atoms with Crippen LogP contribution in [0.5, 0.6) is 0 Å². The van der Waals surface area contributed by atoms with Gasteiger partial charge in [0.1, 0.15) is 0 Å². The summed E-state index contributed by atoms with van der Waals surface area (Å²) in [5, 5.41) is 2.43. The molecule has 0 fully saturated rings. The normalized spacial score (nSPS) is 13.5. The lowest BCUT2D eigenvalue weighted by molar-refractivity contribution is 0.0997. The molecule has 1 aliphatic carbocycles. The topological polar surface area (TPSA) is 17.1 Å². The maximum atomic E-state index is 12.5. The van der Waals surface area contributed by atoms with Crippen molar-refractivity contribution in [3.8, 4) is 0 Å². The number of Topliss-reactive ketones (excluding diaryl/α,β-unsaturated/α-hetero) is 1. The first-order valence-electron chi connectivity index (χ1n) is 7.42. The van der Waals surface area contributed by atoms with E-state index in [1.54, 1.807) is 11.3 Å². The van der Waals surface area contributed by atoms with Crippen LogP contribution in [0.25, 0.3) is 10.8 Å². The van der Waals surface area contributed by atoms with Crippen molar-refractivity contribution in [1.29, 1.82) is 0 Å². The lowest BCUT2D eigenvalue weighted by Crippen LogP contribution is -2.01. The van der Waals surface area contributed by atoms with Gasteiger partial charge >= 0.3 is 0 Å². The van der Waals surface area contributed by atoms with Crippen LogP contribution < -0.4 is 0 Å². The molecule has 0 saturated heterocycles. The van der Waals surface area contributed by atoms with Gasteiger partial charge in [-0.1, -0.05) is 42.5 Å². The number of hydrogen-bond acceptors (Lipinski definition) is 2. The number of carbonyl (C=O) groups is 1. The Hall–Kier alpha value is -1.93. The third-order valence-electron chi connectivity index (χ3n) is 4.20. The van der Waals surface area contributed by atoms with Crippen molar-refractivity contribution >= 4 is 27.9 Å². The molecule has 0 atom stereocenters. The van der Waals surface area contributed by atoms with Gasteiger partial charge in [-0.15, -0.1) is 11.3 Å². The molecule has 104 valence electrons. The summed E-state index contributed by atoms with van der Waals surface area (Å²) >= 11 is 1.70. The minimum absolute atomic E-state index is 0.254. The summed E-state index contributed by atoms with van der Waals surface area (Å²) in [6, 6.07) is 16.7. The number of fused-ring (bicyclic) bond motifs is 2. The number of hydrogen-bond donors (Lipinski definition) is 0. The summed E-state index contributed by atoms with van der Waals surface area (Å²) in [6.45, 7) is 0. The van der Waals surface area contributed by atoms with Gasteiger partial charge in [0.05, 0.1) is 4.88 Å². The second-order valence-electron chi connectivity index (χ2n) is 5.69. The molecular weight excluding hydrogens is 276 g/mol. The van der Waals surface area contributed by atoms with Crippen LogP contribution >= 0.6 is 11.3 Å². The van der Waals surface area contributed by atoms with Crippen molar-refractivity contribution in [3.05, 3.63) is 69.4 Å². The molecule has 1 aromatic heterocycles. The average Bonchev–Trinajstić information content (AvgIpc) is 3.08. The van der Waals surface area contributed by atoms with E-state index in [0.717, 1.165) is 23.3 Å². The molecule has 1 heterocycles. The summed E-state index contributed by atoms with van der Waals surface area (Å²) in [5.41, 5.74) is 2.51. The predicted octanol–water partition coefficient (Wildman–Crippen LogP) is 4.82. The fourth-order valence-corrected chi connectivity index (χ4v) is 4.28. The molecular formula is C19H16OS. The van der Waals surface area contributed by atoms with Gasteiger partial charge in [-0.3, -0.25) is 4.79 Å². The van der Waals surface area contributed by atoms with Crippen LogP contribution in [-0.2, 0) is 19.3 Å². The zero-order valence-electron chi connectivity index (χ0n) is 11.8. The molecule has 21 heavy (non-hydrogen) atoms. The highest BCUT2D eigenvalue weighted by molar-refractivity contribution is 7.14. The summed E-state index contributed by atoms with van der Waals surface area (Å²) in [4.78, 5) is 14.8. The highest BCUT2D eigenvalue weighted by atomic mass is 32.1. The number of aryl methyl sites for hydroxylation is 2. The van der Waals surface area contributed by atoms with Crippen molar-refractivity contribution in [2.24, 2.45) is 0 Å². The van der Waals surface area contributed by atoms with Gasteiger partial charge in [-0.25, -0.2) is 0 Å². The first-order valence-corrected chi connectivity index (χ1v) is 8.24. The Kier molecular flexibility index (Phi) is 3.12. The van der Waals surface area contributed by atoms with Gasteiger partial charge in [0, 0.05) is 11.3 Å². The molecule has 0 N–H and O–H groups in total. The maximum Gasteiger partial charge on any atom is 0.177 e. The summed E-state index contributed by atoms with van der Waals surface area (Å²) in [5.74, 6) is 0.254. The summed E-state index contributed by atoms with van der Waals surface area (Å²) in [6.07, 6.45) is 4.06. The number of rotatable bonds is 3. The zero-order valence-corrected chi connectivity index (χ0v) is 12.6. The number of benzene rings is 2. The SMILES string of the molecule is O=C(Cc1ccc2ccccc2c1)c1cc2c(s1)CCC2. The summed E-state index contributed by atoms with van der Waals surface area (Å²) < 4.78 is 0. The minimum Gasteiger partial charge on any atom is -0.293 e. The van der Waals surface area contributed by atoms with Gasteiger partial charge < -0.3 is 0 Å². The van der Waals surface area contributed by atoms with Crippen molar-refractivity contribution < 1.29 is 4.79 Å². The molecule has 0 unspecified atom stereocenters. The third kappa shape index (κ3) is 2.40. The van der Waals surface area contributed by atoms with Gasteiger partial charge in [0.25, 0.3) is 0 Å². The molecule has 0 radical (unpaired) electrons. The molecule has 0 spiro atoms. The Labute approximate surface area is 128 Å². The third-order valence-corrected chi connectivity index (χ3v) is 5.48. The second-order valence-corrected chi connectivity index (χ2v) is 6.83. The van der Waals surface area contributed by atoms with Gasteiger partial charge in [-0.05, 0) is 47.2 Å². The largest absolute Gasteiger partial charge is 0.293 e. The fourth-order valence-electron chi connectivity index (χ4n) is 3.09. The van der Waals surface area contributed by atoms with E-state index in [2.05, 4.69) is 36.4 Å². The maximum absolute atomic E-state index is 12.5. The van der Waals surface area contributed by atoms with E-state index in [9.17, 15) is 4.79 Å². The lowest BCUT2D eigenvalue weighted by Gasteiger charge is -2.02. The Morgan fingerprint density at radius 1 is 1.00 bits per heavy atom. The first kappa shape index (κ1) is 12.8. The van der Waals surface area contributed by atoms with E-state index >= 15 is 0 Å². The van der Waals surface area contributed by atoms with E-state index in [4.69, 9.17) is 0 Å². The van der Waals surface area contributed by atoms with Crippen LogP contribution in [0.2, 0.25) is 0 Å². The highest BCUT2D eigenvalue weighted by Gasteiger charge is 2.18. The fraction of sp³-hybridized carbons (Fsp3) is 0.211. The molecule has 2 heteroatoms. The van der Waals surface area contributed by atoms with E-state index in [1.165, 1.54) is 27.6 Å². The zero-order chi connectivity index (χ0) is 14.2. The smallest absolute Gasteiger partial charge is 0.177 e. The number of carbonyl (C=O) groups excluding carboxylic acids is 1. The van der Waals surface area contributed by atoms with Crippen LogP contribution in [0.3, 0.4) is 0 Å². The molecule has 0 aliphatic heterocycles. The lowest BCUT2D eigenvalue weighted by atomic mass is 10.0.